The number of alkyl halides is 2. The van der Waals surface area contributed by atoms with Crippen LogP contribution in [0.25, 0.3) is 0 Å². The largest absolute Gasteiger partial charge is 0.334 e. The van der Waals surface area contributed by atoms with Gasteiger partial charge < -0.3 is 10.2 Å². The molecule has 1 heterocycles. The highest BCUT2D eigenvalue weighted by molar-refractivity contribution is 5.79. The first kappa shape index (κ1) is 11.8. The number of hydrogen-bond acceptors (Lipinski definition) is 2. The minimum Gasteiger partial charge on any atom is -0.334 e. The third-order valence-electron chi connectivity index (χ3n) is 3.25. The lowest BCUT2D eigenvalue weighted by atomic mass is 9.98. The van der Waals surface area contributed by atoms with Crippen LogP contribution in [0.3, 0.4) is 0 Å². The smallest absolute Gasteiger partial charge is 0.255 e. The summed E-state index contributed by atoms with van der Waals surface area (Å²) in [5, 5.41) is 3.15. The predicted molar refractivity (Wildman–Crippen MR) is 56.3 cm³/mol. The summed E-state index contributed by atoms with van der Waals surface area (Å²) in [6.45, 7) is 1.19. The zero-order valence-electron chi connectivity index (χ0n) is 9.29. The van der Waals surface area contributed by atoms with Gasteiger partial charge in [0, 0.05) is 12.6 Å². The molecule has 1 atom stereocenters. The van der Waals surface area contributed by atoms with Gasteiger partial charge in [-0.2, -0.15) is 0 Å². The normalized spacial score (nSPS) is 25.8. The zero-order chi connectivity index (χ0) is 11.5. The number of carbonyl (C=O) groups excluding carboxylic acids is 1. The van der Waals surface area contributed by atoms with Gasteiger partial charge in [-0.15, -0.1) is 0 Å². The Balaban J connectivity index is 1.92. The summed E-state index contributed by atoms with van der Waals surface area (Å²) in [4.78, 5) is 13.5. The predicted octanol–water partition coefficient (Wildman–Crippen LogP) is 1.24. The Bertz CT molecular complexity index is 250. The van der Waals surface area contributed by atoms with Gasteiger partial charge in [0.15, 0.2) is 0 Å². The third-order valence-corrected chi connectivity index (χ3v) is 3.25. The first-order chi connectivity index (χ1) is 7.68. The van der Waals surface area contributed by atoms with Crippen molar-refractivity contribution in [3.63, 3.8) is 0 Å². The number of nitrogens with zero attached hydrogens (tertiary/aromatic N) is 1. The molecule has 0 aromatic carbocycles. The summed E-state index contributed by atoms with van der Waals surface area (Å²) in [7, 11) is 0. The van der Waals surface area contributed by atoms with Gasteiger partial charge in [0.25, 0.3) is 6.43 Å². The molecule has 2 rings (SSSR count). The van der Waals surface area contributed by atoms with Crippen molar-refractivity contribution in [3.05, 3.63) is 0 Å². The molecule has 1 aliphatic heterocycles. The van der Waals surface area contributed by atoms with E-state index in [-0.39, 0.29) is 24.4 Å². The molecule has 16 heavy (non-hydrogen) atoms. The number of hydrogen-bond donors (Lipinski definition) is 1. The van der Waals surface area contributed by atoms with E-state index in [4.69, 9.17) is 0 Å². The first-order valence-electron chi connectivity index (χ1n) is 5.98. The molecule has 0 aromatic heterocycles. The Labute approximate surface area is 94.2 Å². The second kappa shape index (κ2) is 5.08. The summed E-state index contributed by atoms with van der Waals surface area (Å²) in [5.74, 6) is -0.164. The van der Waals surface area contributed by atoms with Crippen LogP contribution in [0.5, 0.6) is 0 Å². The van der Waals surface area contributed by atoms with Gasteiger partial charge in [-0.3, -0.25) is 4.79 Å². The fraction of sp³-hybridized carbons (Fsp3) is 0.909. The second-order valence-corrected chi connectivity index (χ2v) is 4.66. The molecule has 5 heteroatoms. The Morgan fingerprint density at radius 1 is 1.38 bits per heavy atom. The minimum absolute atomic E-state index is 0.0741. The van der Waals surface area contributed by atoms with Gasteiger partial charge in [-0.1, -0.05) is 0 Å². The Morgan fingerprint density at radius 2 is 2.12 bits per heavy atom. The molecular formula is C11H18F2N2O. The Kier molecular flexibility index (Phi) is 3.74. The van der Waals surface area contributed by atoms with Crippen LogP contribution in [0, 0.1) is 5.92 Å². The van der Waals surface area contributed by atoms with Crippen molar-refractivity contribution < 1.29 is 13.6 Å². The van der Waals surface area contributed by atoms with Crippen LogP contribution in [-0.2, 0) is 4.79 Å². The molecule has 1 N–H and O–H groups in total. The Morgan fingerprint density at radius 3 is 2.62 bits per heavy atom. The molecule has 2 fully saturated rings. The van der Waals surface area contributed by atoms with Crippen LogP contribution in [0.15, 0.2) is 0 Å². The number of carbonyl (C=O) groups is 1. The third kappa shape index (κ3) is 2.90. The maximum Gasteiger partial charge on any atom is 0.255 e. The summed E-state index contributed by atoms with van der Waals surface area (Å²) in [6, 6.07) is 0.0865. The quantitative estimate of drug-likeness (QED) is 0.791. The lowest BCUT2D eigenvalue weighted by Gasteiger charge is -2.29. The number of rotatable bonds is 4. The summed E-state index contributed by atoms with van der Waals surface area (Å²) in [5.41, 5.74) is 0. The van der Waals surface area contributed by atoms with Gasteiger partial charge in [-0.25, -0.2) is 8.78 Å². The van der Waals surface area contributed by atoms with Crippen LogP contribution < -0.4 is 5.32 Å². The van der Waals surface area contributed by atoms with Gasteiger partial charge in [0.1, 0.15) is 0 Å². The minimum atomic E-state index is -2.42. The number of halogens is 2. The standard InChI is InChI=1S/C11H18F2N2O/c12-10(13)7-15(9-3-4-9)11(16)8-2-1-5-14-6-8/h8-10,14H,1-7H2. The van der Waals surface area contributed by atoms with Gasteiger partial charge >= 0.3 is 0 Å². The van der Waals surface area contributed by atoms with Crippen LogP contribution in [-0.4, -0.2) is 42.9 Å². The summed E-state index contributed by atoms with van der Waals surface area (Å²) >= 11 is 0. The topological polar surface area (TPSA) is 32.3 Å². The monoisotopic (exact) mass is 232 g/mol. The van der Waals surface area contributed by atoms with E-state index in [0.717, 1.165) is 32.2 Å². The van der Waals surface area contributed by atoms with E-state index >= 15 is 0 Å². The fourth-order valence-corrected chi connectivity index (χ4v) is 2.25. The summed E-state index contributed by atoms with van der Waals surface area (Å²) < 4.78 is 24.8. The van der Waals surface area contributed by atoms with E-state index in [9.17, 15) is 13.6 Å². The molecule has 1 saturated carbocycles. The van der Waals surface area contributed by atoms with Crippen molar-refractivity contribution in [2.45, 2.75) is 38.2 Å². The highest BCUT2D eigenvalue weighted by Crippen LogP contribution is 2.29. The van der Waals surface area contributed by atoms with Crippen LogP contribution in [0.2, 0.25) is 0 Å². The number of piperidine rings is 1. The molecular weight excluding hydrogens is 214 g/mol. The molecule has 3 nitrogen and oxygen atoms in total. The average Bonchev–Trinajstić information content (AvgIpc) is 3.10. The molecule has 1 unspecified atom stereocenters. The lowest BCUT2D eigenvalue weighted by molar-refractivity contribution is -0.138. The van der Waals surface area contributed by atoms with Crippen LogP contribution in [0.1, 0.15) is 25.7 Å². The molecule has 0 spiro atoms. The highest BCUT2D eigenvalue weighted by Gasteiger charge is 2.37. The molecule has 1 saturated heterocycles. The van der Waals surface area contributed by atoms with Crippen molar-refractivity contribution in [2.24, 2.45) is 5.92 Å². The molecule has 0 aromatic rings. The van der Waals surface area contributed by atoms with Crippen molar-refractivity contribution >= 4 is 5.91 Å². The number of amides is 1. The van der Waals surface area contributed by atoms with Gasteiger partial charge in [0.2, 0.25) is 5.91 Å². The second-order valence-electron chi connectivity index (χ2n) is 4.66. The molecule has 1 aliphatic carbocycles. The van der Waals surface area contributed by atoms with Crippen molar-refractivity contribution in [3.8, 4) is 0 Å². The van der Waals surface area contributed by atoms with E-state index < -0.39 is 6.43 Å². The van der Waals surface area contributed by atoms with Crippen LogP contribution >= 0.6 is 0 Å². The van der Waals surface area contributed by atoms with E-state index in [0.29, 0.717) is 6.54 Å². The van der Waals surface area contributed by atoms with Crippen molar-refractivity contribution in [2.75, 3.05) is 19.6 Å². The maximum atomic E-state index is 12.4. The van der Waals surface area contributed by atoms with Crippen molar-refractivity contribution in [1.82, 2.24) is 10.2 Å². The average molecular weight is 232 g/mol. The van der Waals surface area contributed by atoms with E-state index in [1.165, 1.54) is 4.90 Å². The fourth-order valence-electron chi connectivity index (χ4n) is 2.25. The SMILES string of the molecule is O=C(C1CCCNC1)N(CC(F)F)C1CC1. The van der Waals surface area contributed by atoms with Gasteiger partial charge in [0.05, 0.1) is 12.5 Å². The maximum absolute atomic E-state index is 12.4. The van der Waals surface area contributed by atoms with Gasteiger partial charge in [-0.05, 0) is 32.2 Å². The van der Waals surface area contributed by atoms with E-state index in [2.05, 4.69) is 5.32 Å². The molecule has 1 amide bonds. The summed E-state index contributed by atoms with van der Waals surface area (Å²) in [6.07, 6.45) is 1.15. The molecule has 0 radical (unpaired) electrons. The molecule has 92 valence electrons. The Hall–Kier alpha value is -0.710. The zero-order valence-corrected chi connectivity index (χ0v) is 9.29. The van der Waals surface area contributed by atoms with Crippen molar-refractivity contribution in [1.29, 1.82) is 0 Å². The lowest BCUT2D eigenvalue weighted by Crippen LogP contribution is -2.45. The number of nitrogens with one attached hydrogen (secondary N) is 1. The van der Waals surface area contributed by atoms with E-state index in [1.54, 1.807) is 0 Å². The van der Waals surface area contributed by atoms with Crippen LogP contribution in [0.4, 0.5) is 8.78 Å². The van der Waals surface area contributed by atoms with E-state index in [1.807, 2.05) is 0 Å². The molecule has 0 bridgehead atoms. The first-order valence-corrected chi connectivity index (χ1v) is 5.98. The highest BCUT2D eigenvalue weighted by atomic mass is 19.3. The molecule has 2 aliphatic rings.